The Labute approximate surface area is 125 Å². The highest BCUT2D eigenvalue weighted by atomic mass is 14.9. The highest BCUT2D eigenvalue weighted by Gasteiger charge is 2.23. The molecule has 0 aromatic heterocycles. The summed E-state index contributed by atoms with van der Waals surface area (Å²) in [5.74, 6) is 0.830. The van der Waals surface area contributed by atoms with Crippen LogP contribution in [-0.2, 0) is 0 Å². The lowest BCUT2D eigenvalue weighted by atomic mass is 9.78. The normalized spacial score (nSPS) is 17.8. The molecule has 0 spiro atoms. The molecule has 1 aliphatic rings. The minimum Gasteiger partial charge on any atom is -0.310 e. The first kappa shape index (κ1) is 15.6. The van der Waals surface area contributed by atoms with Crippen molar-refractivity contribution in [1.82, 2.24) is 5.32 Å². The van der Waals surface area contributed by atoms with Crippen LogP contribution in [0, 0.1) is 5.41 Å². The highest BCUT2D eigenvalue weighted by Crippen LogP contribution is 2.38. The third kappa shape index (κ3) is 4.34. The molecule has 1 aliphatic carbocycles. The summed E-state index contributed by atoms with van der Waals surface area (Å²) >= 11 is 0. The standard InChI is InChI=1S/C19H31N/c1-5-12-20-18(14-19(2,3)4)17-11-7-10-16(13-17)15-8-6-9-15/h7,10-11,13,15,18,20H,5-6,8-9,12,14H2,1-4H3. The number of benzene rings is 1. The molecular weight excluding hydrogens is 242 g/mol. The maximum atomic E-state index is 3.74. The Hall–Kier alpha value is -0.820. The van der Waals surface area contributed by atoms with Crippen molar-refractivity contribution in [1.29, 1.82) is 0 Å². The summed E-state index contributed by atoms with van der Waals surface area (Å²) in [4.78, 5) is 0. The van der Waals surface area contributed by atoms with Gasteiger partial charge in [-0.3, -0.25) is 0 Å². The number of nitrogens with one attached hydrogen (secondary N) is 1. The SMILES string of the molecule is CCCNC(CC(C)(C)C)c1cccc(C2CCC2)c1. The molecule has 0 bridgehead atoms. The minimum absolute atomic E-state index is 0.359. The van der Waals surface area contributed by atoms with Crippen LogP contribution in [0.1, 0.15) is 82.9 Å². The molecule has 1 nitrogen and oxygen atoms in total. The average Bonchev–Trinajstić information content (AvgIpc) is 2.31. The lowest BCUT2D eigenvalue weighted by Gasteiger charge is -2.30. The van der Waals surface area contributed by atoms with E-state index in [1.54, 1.807) is 5.56 Å². The van der Waals surface area contributed by atoms with E-state index in [-0.39, 0.29) is 0 Å². The largest absolute Gasteiger partial charge is 0.310 e. The van der Waals surface area contributed by atoms with Crippen molar-refractivity contribution in [2.75, 3.05) is 6.54 Å². The zero-order valence-electron chi connectivity index (χ0n) is 13.7. The van der Waals surface area contributed by atoms with Crippen LogP contribution in [0.4, 0.5) is 0 Å². The molecular formula is C19H31N. The number of rotatable bonds is 6. The van der Waals surface area contributed by atoms with Gasteiger partial charge < -0.3 is 5.32 Å². The van der Waals surface area contributed by atoms with E-state index < -0.39 is 0 Å². The summed E-state index contributed by atoms with van der Waals surface area (Å²) in [5.41, 5.74) is 3.40. The summed E-state index contributed by atoms with van der Waals surface area (Å²) < 4.78 is 0. The monoisotopic (exact) mass is 273 g/mol. The predicted molar refractivity (Wildman–Crippen MR) is 88.1 cm³/mol. The van der Waals surface area contributed by atoms with Gasteiger partial charge in [0.15, 0.2) is 0 Å². The molecule has 112 valence electrons. The predicted octanol–water partition coefficient (Wildman–Crippen LogP) is 5.43. The summed E-state index contributed by atoms with van der Waals surface area (Å²) in [6, 6.07) is 9.84. The van der Waals surface area contributed by atoms with Gasteiger partial charge in [-0.2, -0.15) is 0 Å². The molecule has 1 atom stereocenters. The zero-order valence-corrected chi connectivity index (χ0v) is 13.7. The molecule has 0 radical (unpaired) electrons. The second kappa shape index (κ2) is 6.76. The second-order valence-corrected chi connectivity index (χ2v) is 7.57. The first-order valence-electron chi connectivity index (χ1n) is 8.33. The van der Waals surface area contributed by atoms with E-state index in [9.17, 15) is 0 Å². The Morgan fingerprint density at radius 1 is 1.25 bits per heavy atom. The van der Waals surface area contributed by atoms with E-state index in [1.165, 1.54) is 37.7 Å². The van der Waals surface area contributed by atoms with Gasteiger partial charge in [-0.05, 0) is 54.7 Å². The lowest BCUT2D eigenvalue weighted by Crippen LogP contribution is -2.26. The van der Waals surface area contributed by atoms with Gasteiger partial charge in [0.1, 0.15) is 0 Å². The van der Waals surface area contributed by atoms with Crippen LogP contribution in [0.25, 0.3) is 0 Å². The first-order chi connectivity index (χ1) is 9.49. The van der Waals surface area contributed by atoms with Gasteiger partial charge in [0.05, 0.1) is 0 Å². The molecule has 20 heavy (non-hydrogen) atoms. The molecule has 1 aromatic carbocycles. The van der Waals surface area contributed by atoms with Gasteiger partial charge in [-0.15, -0.1) is 0 Å². The van der Waals surface area contributed by atoms with Crippen LogP contribution < -0.4 is 5.32 Å². The van der Waals surface area contributed by atoms with Gasteiger partial charge in [0.25, 0.3) is 0 Å². The fraction of sp³-hybridized carbons (Fsp3) is 0.684. The maximum Gasteiger partial charge on any atom is 0.0325 e. The molecule has 0 amide bonds. The van der Waals surface area contributed by atoms with Gasteiger partial charge in [0, 0.05) is 6.04 Å². The fourth-order valence-electron chi connectivity index (χ4n) is 3.01. The van der Waals surface area contributed by atoms with Crippen molar-refractivity contribution in [2.24, 2.45) is 5.41 Å². The maximum absolute atomic E-state index is 3.74. The Bertz CT molecular complexity index is 412. The molecule has 0 saturated heterocycles. The minimum atomic E-state index is 0.359. The van der Waals surface area contributed by atoms with Crippen molar-refractivity contribution in [2.45, 2.75) is 71.8 Å². The van der Waals surface area contributed by atoms with Crippen molar-refractivity contribution in [3.05, 3.63) is 35.4 Å². The van der Waals surface area contributed by atoms with Crippen LogP contribution in [0.15, 0.2) is 24.3 Å². The second-order valence-electron chi connectivity index (χ2n) is 7.57. The number of hydrogen-bond acceptors (Lipinski definition) is 1. The molecule has 0 heterocycles. The topological polar surface area (TPSA) is 12.0 Å². The van der Waals surface area contributed by atoms with Crippen LogP contribution >= 0.6 is 0 Å². The van der Waals surface area contributed by atoms with E-state index in [0.717, 1.165) is 12.5 Å². The van der Waals surface area contributed by atoms with E-state index >= 15 is 0 Å². The smallest absolute Gasteiger partial charge is 0.0325 e. The van der Waals surface area contributed by atoms with Crippen LogP contribution in [0.2, 0.25) is 0 Å². The molecule has 1 heteroatoms. The van der Waals surface area contributed by atoms with Gasteiger partial charge >= 0.3 is 0 Å². The number of hydrogen-bond donors (Lipinski definition) is 1. The van der Waals surface area contributed by atoms with Crippen LogP contribution in [0.3, 0.4) is 0 Å². The Morgan fingerprint density at radius 3 is 2.55 bits per heavy atom. The lowest BCUT2D eigenvalue weighted by molar-refractivity contribution is 0.311. The van der Waals surface area contributed by atoms with Crippen LogP contribution in [0.5, 0.6) is 0 Å². The van der Waals surface area contributed by atoms with Gasteiger partial charge in [-0.25, -0.2) is 0 Å². The molecule has 1 fully saturated rings. The quantitative estimate of drug-likeness (QED) is 0.728. The third-order valence-electron chi connectivity index (χ3n) is 4.35. The third-order valence-corrected chi connectivity index (χ3v) is 4.35. The fourth-order valence-corrected chi connectivity index (χ4v) is 3.01. The van der Waals surface area contributed by atoms with E-state index in [0.29, 0.717) is 11.5 Å². The molecule has 2 rings (SSSR count). The summed E-state index contributed by atoms with van der Waals surface area (Å²) in [5, 5.41) is 3.74. The molecule has 1 aromatic rings. The van der Waals surface area contributed by atoms with Crippen LogP contribution in [-0.4, -0.2) is 6.54 Å². The average molecular weight is 273 g/mol. The molecule has 1 N–H and O–H groups in total. The van der Waals surface area contributed by atoms with Crippen molar-refractivity contribution >= 4 is 0 Å². The molecule has 1 saturated carbocycles. The summed E-state index contributed by atoms with van der Waals surface area (Å²) in [6.07, 6.45) is 6.57. The highest BCUT2D eigenvalue weighted by molar-refractivity contribution is 5.29. The summed E-state index contributed by atoms with van der Waals surface area (Å²) in [7, 11) is 0. The van der Waals surface area contributed by atoms with Crippen molar-refractivity contribution in [3.8, 4) is 0 Å². The molecule has 0 aliphatic heterocycles. The Kier molecular flexibility index (Phi) is 5.26. The zero-order chi connectivity index (χ0) is 14.6. The summed E-state index contributed by atoms with van der Waals surface area (Å²) in [6.45, 7) is 10.4. The Balaban J connectivity index is 2.13. The van der Waals surface area contributed by atoms with Crippen molar-refractivity contribution in [3.63, 3.8) is 0 Å². The van der Waals surface area contributed by atoms with Gasteiger partial charge in [0.2, 0.25) is 0 Å². The van der Waals surface area contributed by atoms with E-state index in [4.69, 9.17) is 0 Å². The molecule has 1 unspecified atom stereocenters. The van der Waals surface area contributed by atoms with E-state index in [2.05, 4.69) is 57.3 Å². The Morgan fingerprint density at radius 2 is 2.00 bits per heavy atom. The first-order valence-corrected chi connectivity index (χ1v) is 8.33. The van der Waals surface area contributed by atoms with Crippen molar-refractivity contribution < 1.29 is 0 Å². The van der Waals surface area contributed by atoms with E-state index in [1.807, 2.05) is 0 Å². The van der Waals surface area contributed by atoms with Gasteiger partial charge in [-0.1, -0.05) is 58.4 Å².